The standard InChI is InChI=1S/C15H19N4/c1-4-6-11-19-15(16-17-18-19)14-10-8-7-9-13(14)12(3)5-2/h5,7-10H,2,4,6,11H2,1,3H3. The number of allylic oxidation sites excluding steroid dienone is 2. The van der Waals surface area contributed by atoms with E-state index in [1.54, 1.807) is 0 Å². The first-order valence-corrected chi connectivity index (χ1v) is 6.59. The number of tetrazole rings is 1. The zero-order valence-electron chi connectivity index (χ0n) is 11.5. The lowest BCUT2D eigenvalue weighted by atomic mass is 10.0. The molecule has 0 saturated heterocycles. The minimum Gasteiger partial charge on any atom is -0.225 e. The summed E-state index contributed by atoms with van der Waals surface area (Å²) in [5.74, 6) is 0.824. The second-order valence-electron chi connectivity index (χ2n) is 4.51. The summed E-state index contributed by atoms with van der Waals surface area (Å²) < 4.78 is 1.87. The molecule has 19 heavy (non-hydrogen) atoms. The van der Waals surface area contributed by atoms with Crippen molar-refractivity contribution in [1.82, 2.24) is 20.2 Å². The predicted molar refractivity (Wildman–Crippen MR) is 77.2 cm³/mol. The van der Waals surface area contributed by atoms with E-state index < -0.39 is 0 Å². The number of benzene rings is 1. The second kappa shape index (κ2) is 6.27. The highest BCUT2D eigenvalue weighted by Gasteiger charge is 2.12. The second-order valence-corrected chi connectivity index (χ2v) is 4.51. The number of unbranched alkanes of at least 4 members (excludes halogenated alkanes) is 1. The van der Waals surface area contributed by atoms with Gasteiger partial charge >= 0.3 is 0 Å². The quantitative estimate of drug-likeness (QED) is 0.822. The van der Waals surface area contributed by atoms with Crippen LogP contribution in [-0.4, -0.2) is 20.2 Å². The van der Waals surface area contributed by atoms with Gasteiger partial charge < -0.3 is 0 Å². The van der Waals surface area contributed by atoms with Gasteiger partial charge in [-0.1, -0.05) is 43.7 Å². The highest BCUT2D eigenvalue weighted by molar-refractivity contribution is 5.77. The Labute approximate surface area is 114 Å². The summed E-state index contributed by atoms with van der Waals surface area (Å²) in [5, 5.41) is 12.1. The molecule has 1 radical (unpaired) electrons. The fourth-order valence-electron chi connectivity index (χ4n) is 1.99. The van der Waals surface area contributed by atoms with E-state index in [1.807, 2.05) is 29.8 Å². The van der Waals surface area contributed by atoms with E-state index in [2.05, 4.69) is 41.5 Å². The van der Waals surface area contributed by atoms with Crippen molar-refractivity contribution in [2.24, 2.45) is 0 Å². The Balaban J connectivity index is 2.45. The van der Waals surface area contributed by atoms with Crippen LogP contribution in [0.1, 0.15) is 32.3 Å². The van der Waals surface area contributed by atoms with Crippen molar-refractivity contribution in [1.29, 1.82) is 0 Å². The Hall–Kier alpha value is -1.97. The van der Waals surface area contributed by atoms with Crippen molar-refractivity contribution in [3.63, 3.8) is 0 Å². The Morgan fingerprint density at radius 2 is 2.16 bits per heavy atom. The number of aryl methyl sites for hydroxylation is 1. The molecule has 2 aromatic rings. The van der Waals surface area contributed by atoms with E-state index in [9.17, 15) is 0 Å². The summed E-state index contributed by atoms with van der Waals surface area (Å²) in [6.07, 6.45) is 4.06. The van der Waals surface area contributed by atoms with Gasteiger partial charge in [0.15, 0.2) is 5.82 Å². The molecule has 0 spiro atoms. The van der Waals surface area contributed by atoms with Crippen molar-refractivity contribution in [3.8, 4) is 11.4 Å². The molecule has 0 bridgehead atoms. The van der Waals surface area contributed by atoms with Gasteiger partial charge in [0.1, 0.15) is 0 Å². The van der Waals surface area contributed by atoms with Crippen LogP contribution in [0.25, 0.3) is 17.0 Å². The number of rotatable bonds is 5. The van der Waals surface area contributed by atoms with Crippen LogP contribution in [0.3, 0.4) is 0 Å². The Morgan fingerprint density at radius 3 is 2.89 bits per heavy atom. The average Bonchev–Trinajstić information content (AvgIpc) is 2.92. The third-order valence-corrected chi connectivity index (χ3v) is 3.15. The van der Waals surface area contributed by atoms with Crippen LogP contribution in [0.5, 0.6) is 0 Å². The van der Waals surface area contributed by atoms with Crippen molar-refractivity contribution >= 4 is 5.57 Å². The van der Waals surface area contributed by atoms with E-state index >= 15 is 0 Å². The molecular weight excluding hydrogens is 236 g/mol. The Kier molecular flexibility index (Phi) is 4.44. The smallest absolute Gasteiger partial charge is 0.182 e. The number of hydrogen-bond acceptors (Lipinski definition) is 3. The maximum atomic E-state index is 4.17. The molecule has 0 aliphatic carbocycles. The van der Waals surface area contributed by atoms with Crippen molar-refractivity contribution in [2.75, 3.05) is 0 Å². The molecule has 0 aliphatic heterocycles. The lowest BCUT2D eigenvalue weighted by Gasteiger charge is -2.09. The first-order chi connectivity index (χ1) is 9.27. The maximum Gasteiger partial charge on any atom is 0.182 e. The van der Waals surface area contributed by atoms with E-state index in [-0.39, 0.29) is 0 Å². The van der Waals surface area contributed by atoms with Gasteiger partial charge in [-0.25, -0.2) is 4.68 Å². The highest BCUT2D eigenvalue weighted by Crippen LogP contribution is 2.26. The first kappa shape index (κ1) is 13.5. The van der Waals surface area contributed by atoms with Crippen LogP contribution in [0.4, 0.5) is 0 Å². The third-order valence-electron chi connectivity index (χ3n) is 3.15. The number of aromatic nitrogens is 4. The predicted octanol–water partition coefficient (Wildman–Crippen LogP) is 3.38. The third kappa shape index (κ3) is 2.89. The lowest BCUT2D eigenvalue weighted by Crippen LogP contribution is -2.04. The van der Waals surface area contributed by atoms with Gasteiger partial charge in [0, 0.05) is 12.1 Å². The fourth-order valence-corrected chi connectivity index (χ4v) is 1.99. The summed E-state index contributed by atoms with van der Waals surface area (Å²) in [6.45, 7) is 8.89. The van der Waals surface area contributed by atoms with E-state index in [0.29, 0.717) is 0 Å². The molecule has 0 saturated carbocycles. The Bertz CT molecular complexity index is 569. The number of hydrogen-bond donors (Lipinski definition) is 0. The van der Waals surface area contributed by atoms with Crippen LogP contribution >= 0.6 is 0 Å². The molecule has 4 nitrogen and oxygen atoms in total. The molecule has 0 N–H and O–H groups in total. The van der Waals surface area contributed by atoms with Gasteiger partial charge in [-0.05, 0) is 41.8 Å². The molecule has 1 heterocycles. The minimum atomic E-state index is 0.824. The normalized spacial score (nSPS) is 11.8. The van der Waals surface area contributed by atoms with Gasteiger partial charge in [0.2, 0.25) is 0 Å². The van der Waals surface area contributed by atoms with Crippen LogP contribution in [-0.2, 0) is 6.54 Å². The van der Waals surface area contributed by atoms with E-state index in [0.717, 1.165) is 41.9 Å². The van der Waals surface area contributed by atoms with Gasteiger partial charge in [0.05, 0.1) is 0 Å². The summed E-state index contributed by atoms with van der Waals surface area (Å²) in [4.78, 5) is 0. The first-order valence-electron chi connectivity index (χ1n) is 6.59. The molecule has 1 aromatic carbocycles. The van der Waals surface area contributed by atoms with Gasteiger partial charge in [-0.3, -0.25) is 0 Å². The highest BCUT2D eigenvalue weighted by atomic mass is 15.5. The Morgan fingerprint density at radius 1 is 1.37 bits per heavy atom. The van der Waals surface area contributed by atoms with Gasteiger partial charge in [0.25, 0.3) is 0 Å². The zero-order chi connectivity index (χ0) is 13.7. The molecule has 99 valence electrons. The molecule has 0 atom stereocenters. The summed E-state index contributed by atoms with van der Waals surface area (Å²) in [6, 6.07) is 8.15. The molecule has 0 fully saturated rings. The lowest BCUT2D eigenvalue weighted by molar-refractivity contribution is 0.557. The molecule has 4 heteroatoms. The van der Waals surface area contributed by atoms with Crippen molar-refractivity contribution in [3.05, 3.63) is 42.8 Å². The maximum absolute atomic E-state index is 4.17. The molecule has 2 rings (SSSR count). The van der Waals surface area contributed by atoms with E-state index in [1.165, 1.54) is 0 Å². The molecule has 0 amide bonds. The molecule has 0 unspecified atom stereocenters. The molecule has 0 aliphatic rings. The van der Waals surface area contributed by atoms with Crippen LogP contribution in [0.15, 0.2) is 30.3 Å². The number of nitrogens with zero attached hydrogens (tertiary/aromatic N) is 4. The zero-order valence-corrected chi connectivity index (χ0v) is 11.5. The largest absolute Gasteiger partial charge is 0.225 e. The van der Waals surface area contributed by atoms with E-state index in [4.69, 9.17) is 0 Å². The molecule has 1 aromatic heterocycles. The van der Waals surface area contributed by atoms with Gasteiger partial charge in [-0.2, -0.15) is 0 Å². The average molecular weight is 255 g/mol. The fraction of sp³-hybridized carbons (Fsp3) is 0.333. The summed E-state index contributed by atoms with van der Waals surface area (Å²) in [7, 11) is 0. The van der Waals surface area contributed by atoms with Crippen molar-refractivity contribution < 1.29 is 0 Å². The van der Waals surface area contributed by atoms with Crippen LogP contribution < -0.4 is 0 Å². The summed E-state index contributed by atoms with van der Waals surface area (Å²) >= 11 is 0. The summed E-state index contributed by atoms with van der Waals surface area (Å²) in [5.41, 5.74) is 3.31. The minimum absolute atomic E-state index is 0.824. The monoisotopic (exact) mass is 255 g/mol. The molecular formula is C15H19N4. The van der Waals surface area contributed by atoms with Gasteiger partial charge in [-0.15, -0.1) is 5.10 Å². The van der Waals surface area contributed by atoms with Crippen molar-refractivity contribution in [2.45, 2.75) is 33.2 Å². The topological polar surface area (TPSA) is 43.6 Å². The van der Waals surface area contributed by atoms with Crippen LogP contribution in [0, 0.1) is 6.92 Å². The van der Waals surface area contributed by atoms with Crippen LogP contribution in [0.2, 0.25) is 0 Å². The SMILES string of the molecule is [CH2]C=C(C)c1ccccc1-c1nnnn1CCCC.